The molecule has 4 aromatic carbocycles. The minimum atomic E-state index is -0.476. The van der Waals surface area contributed by atoms with Gasteiger partial charge in [0.05, 0.1) is 11.2 Å². The Balaban J connectivity index is 1.47. The van der Waals surface area contributed by atoms with E-state index in [9.17, 15) is 9.59 Å². The summed E-state index contributed by atoms with van der Waals surface area (Å²) >= 11 is 0. The lowest BCUT2D eigenvalue weighted by Crippen LogP contribution is -2.14. The molecule has 0 aliphatic heterocycles. The van der Waals surface area contributed by atoms with Crippen molar-refractivity contribution in [2.45, 2.75) is 13.8 Å². The van der Waals surface area contributed by atoms with Crippen molar-refractivity contribution in [3.63, 3.8) is 0 Å². The number of aryl methyl sites for hydroxylation is 2. The molecule has 37 heavy (non-hydrogen) atoms. The van der Waals surface area contributed by atoms with E-state index in [1.54, 1.807) is 24.3 Å². The second-order valence-electron chi connectivity index (χ2n) is 8.78. The maximum Gasteiger partial charge on any atom is 0.255 e. The van der Waals surface area contributed by atoms with E-state index in [2.05, 4.69) is 10.6 Å². The Kier molecular flexibility index (Phi) is 6.34. The van der Waals surface area contributed by atoms with Crippen LogP contribution in [-0.2, 0) is 0 Å². The highest BCUT2D eigenvalue weighted by Gasteiger charge is 2.14. The standard InChI is InChI=1S/C30H25N5O2/c1-18-16-23(17-19(2)26(18)34-29(37)22-8-4-3-5-9-22)32-30-33-25-11-7-6-10-24(25)27(35-30)20-12-14-21(15-13-20)28(31)36/h3-17H,1-2H3,(H2,31,36)(H,34,37)(H,32,33,35). The molecule has 182 valence electrons. The Morgan fingerprint density at radius 3 is 2.08 bits per heavy atom. The quantitative estimate of drug-likeness (QED) is 0.272. The first-order valence-electron chi connectivity index (χ1n) is 11.8. The number of primary amides is 1. The molecule has 1 aromatic heterocycles. The first kappa shape index (κ1) is 23.7. The third-order valence-corrected chi connectivity index (χ3v) is 6.11. The molecule has 0 aliphatic rings. The minimum Gasteiger partial charge on any atom is -0.366 e. The van der Waals surface area contributed by atoms with Crippen LogP contribution in [0.2, 0.25) is 0 Å². The molecule has 0 bridgehead atoms. The number of benzene rings is 4. The summed E-state index contributed by atoms with van der Waals surface area (Å²) in [6.07, 6.45) is 0. The summed E-state index contributed by atoms with van der Waals surface area (Å²) in [5.41, 5.74) is 12.2. The number of nitrogens with two attached hydrogens (primary N) is 1. The van der Waals surface area contributed by atoms with Crippen molar-refractivity contribution in [1.82, 2.24) is 9.97 Å². The summed E-state index contributed by atoms with van der Waals surface area (Å²) in [5.74, 6) is -0.194. The fraction of sp³-hybridized carbons (Fsp3) is 0.0667. The van der Waals surface area contributed by atoms with Crippen LogP contribution in [0.4, 0.5) is 17.3 Å². The monoisotopic (exact) mass is 487 g/mol. The van der Waals surface area contributed by atoms with Gasteiger partial charge in [0.2, 0.25) is 11.9 Å². The SMILES string of the molecule is Cc1cc(Nc2nc(-c3ccc(C(N)=O)cc3)c3ccccc3n2)cc(C)c1NC(=O)c1ccccc1. The number of para-hydroxylation sites is 1. The zero-order valence-electron chi connectivity index (χ0n) is 20.4. The van der Waals surface area contributed by atoms with Gasteiger partial charge in [0, 0.05) is 33.5 Å². The Morgan fingerprint density at radius 1 is 0.757 bits per heavy atom. The average molecular weight is 488 g/mol. The van der Waals surface area contributed by atoms with Gasteiger partial charge in [-0.25, -0.2) is 9.97 Å². The maximum absolute atomic E-state index is 12.7. The third kappa shape index (κ3) is 5.01. The van der Waals surface area contributed by atoms with Crippen LogP contribution < -0.4 is 16.4 Å². The van der Waals surface area contributed by atoms with E-state index >= 15 is 0 Å². The van der Waals surface area contributed by atoms with Crippen molar-refractivity contribution in [1.29, 1.82) is 0 Å². The van der Waals surface area contributed by atoms with Gasteiger partial charge in [-0.1, -0.05) is 48.5 Å². The molecule has 0 spiro atoms. The van der Waals surface area contributed by atoms with Crippen LogP contribution in [-0.4, -0.2) is 21.8 Å². The van der Waals surface area contributed by atoms with E-state index in [1.807, 2.05) is 80.6 Å². The van der Waals surface area contributed by atoms with Crippen LogP contribution in [0.15, 0.2) is 91.0 Å². The minimum absolute atomic E-state index is 0.155. The van der Waals surface area contributed by atoms with Crippen LogP contribution in [0.5, 0.6) is 0 Å². The van der Waals surface area contributed by atoms with E-state index in [0.717, 1.165) is 44.7 Å². The third-order valence-electron chi connectivity index (χ3n) is 6.11. The predicted molar refractivity (Wildman–Crippen MR) is 147 cm³/mol. The number of aromatic nitrogens is 2. The average Bonchev–Trinajstić information content (AvgIpc) is 2.90. The highest BCUT2D eigenvalue weighted by atomic mass is 16.2. The maximum atomic E-state index is 12.7. The van der Waals surface area contributed by atoms with Crippen LogP contribution in [0, 0.1) is 13.8 Å². The molecule has 7 nitrogen and oxygen atoms in total. The van der Waals surface area contributed by atoms with Gasteiger partial charge in [-0.05, 0) is 67.4 Å². The summed E-state index contributed by atoms with van der Waals surface area (Å²) in [5, 5.41) is 7.24. The summed E-state index contributed by atoms with van der Waals surface area (Å²) in [7, 11) is 0. The Bertz CT molecular complexity index is 1610. The van der Waals surface area contributed by atoms with Gasteiger partial charge >= 0.3 is 0 Å². The van der Waals surface area contributed by atoms with Gasteiger partial charge in [-0.2, -0.15) is 0 Å². The molecular formula is C30H25N5O2. The fourth-order valence-corrected chi connectivity index (χ4v) is 4.28. The number of amides is 2. The number of fused-ring (bicyclic) bond motifs is 1. The smallest absolute Gasteiger partial charge is 0.255 e. The molecule has 0 fully saturated rings. The molecule has 5 rings (SSSR count). The topological polar surface area (TPSA) is 110 Å². The van der Waals surface area contributed by atoms with Crippen LogP contribution >= 0.6 is 0 Å². The number of rotatable bonds is 6. The van der Waals surface area contributed by atoms with Crippen LogP contribution in [0.3, 0.4) is 0 Å². The molecule has 7 heteroatoms. The first-order valence-corrected chi connectivity index (χ1v) is 11.8. The van der Waals surface area contributed by atoms with E-state index in [4.69, 9.17) is 15.7 Å². The number of nitrogens with zero attached hydrogens (tertiary/aromatic N) is 2. The van der Waals surface area contributed by atoms with Crippen molar-refractivity contribution >= 4 is 40.0 Å². The molecule has 4 N–H and O–H groups in total. The van der Waals surface area contributed by atoms with Gasteiger partial charge in [0.1, 0.15) is 0 Å². The second-order valence-corrected chi connectivity index (χ2v) is 8.78. The van der Waals surface area contributed by atoms with Gasteiger partial charge in [0.15, 0.2) is 0 Å². The van der Waals surface area contributed by atoms with Gasteiger partial charge in [-0.3, -0.25) is 9.59 Å². The van der Waals surface area contributed by atoms with Crippen molar-refractivity contribution in [3.8, 4) is 11.3 Å². The molecule has 0 aliphatic carbocycles. The largest absolute Gasteiger partial charge is 0.366 e. The van der Waals surface area contributed by atoms with Crippen molar-refractivity contribution in [3.05, 3.63) is 113 Å². The Hall–Kier alpha value is -5.04. The fourth-order valence-electron chi connectivity index (χ4n) is 4.28. The van der Waals surface area contributed by atoms with E-state index in [1.165, 1.54) is 0 Å². The second kappa shape index (κ2) is 9.91. The number of hydrogen-bond donors (Lipinski definition) is 3. The van der Waals surface area contributed by atoms with Crippen LogP contribution in [0.25, 0.3) is 22.2 Å². The van der Waals surface area contributed by atoms with Crippen molar-refractivity contribution in [2.24, 2.45) is 5.73 Å². The summed E-state index contributed by atoms with van der Waals surface area (Å²) < 4.78 is 0. The van der Waals surface area contributed by atoms with Gasteiger partial charge in [-0.15, -0.1) is 0 Å². The highest BCUT2D eigenvalue weighted by molar-refractivity contribution is 6.05. The molecule has 0 unspecified atom stereocenters. The summed E-state index contributed by atoms with van der Waals surface area (Å²) in [4.78, 5) is 33.7. The van der Waals surface area contributed by atoms with Crippen LogP contribution in [0.1, 0.15) is 31.8 Å². The van der Waals surface area contributed by atoms with E-state index in [-0.39, 0.29) is 5.91 Å². The Morgan fingerprint density at radius 2 is 1.41 bits per heavy atom. The lowest BCUT2D eigenvalue weighted by Gasteiger charge is -2.15. The van der Waals surface area contributed by atoms with Crippen molar-refractivity contribution < 1.29 is 9.59 Å². The normalized spacial score (nSPS) is 10.8. The Labute approximate surface area is 214 Å². The molecule has 1 heterocycles. The van der Waals surface area contributed by atoms with E-state index < -0.39 is 5.91 Å². The zero-order chi connectivity index (χ0) is 25.9. The zero-order valence-corrected chi connectivity index (χ0v) is 20.4. The molecule has 2 amide bonds. The summed E-state index contributed by atoms with van der Waals surface area (Å²) in [6, 6.07) is 27.8. The van der Waals surface area contributed by atoms with Crippen molar-refractivity contribution in [2.75, 3.05) is 10.6 Å². The highest BCUT2D eigenvalue weighted by Crippen LogP contribution is 2.30. The predicted octanol–water partition coefficient (Wildman–Crippen LogP) is 6.01. The van der Waals surface area contributed by atoms with Gasteiger partial charge < -0.3 is 16.4 Å². The molecular weight excluding hydrogens is 462 g/mol. The number of nitrogens with one attached hydrogen (secondary N) is 2. The number of carbonyl (C=O) groups excluding carboxylic acids is 2. The molecule has 0 atom stereocenters. The first-order chi connectivity index (χ1) is 17.9. The van der Waals surface area contributed by atoms with Gasteiger partial charge in [0.25, 0.3) is 5.91 Å². The summed E-state index contributed by atoms with van der Waals surface area (Å²) in [6.45, 7) is 3.90. The lowest BCUT2D eigenvalue weighted by atomic mass is 10.0. The molecule has 0 radical (unpaired) electrons. The number of anilines is 3. The molecule has 0 saturated heterocycles. The lowest BCUT2D eigenvalue weighted by molar-refractivity contribution is 0.0997. The number of hydrogen-bond acceptors (Lipinski definition) is 5. The van der Waals surface area contributed by atoms with E-state index in [0.29, 0.717) is 17.1 Å². The molecule has 0 saturated carbocycles. The number of carbonyl (C=O) groups is 2. The molecule has 5 aromatic rings.